The summed E-state index contributed by atoms with van der Waals surface area (Å²) < 4.78 is 0. The van der Waals surface area contributed by atoms with E-state index in [9.17, 15) is 4.79 Å². The van der Waals surface area contributed by atoms with Crippen molar-refractivity contribution in [3.8, 4) is 0 Å². The first-order chi connectivity index (χ1) is 12.3. The van der Waals surface area contributed by atoms with Gasteiger partial charge in [-0.15, -0.1) is 0 Å². The minimum Gasteiger partial charge on any atom is -0.336 e. The quantitative estimate of drug-likeness (QED) is 0.739. The van der Waals surface area contributed by atoms with Crippen LogP contribution in [0.3, 0.4) is 0 Å². The Morgan fingerprint density at radius 1 is 0.880 bits per heavy atom. The van der Waals surface area contributed by atoms with Gasteiger partial charge in [-0.1, -0.05) is 42.5 Å². The number of amides is 1. The molecule has 1 amide bonds. The van der Waals surface area contributed by atoms with Crippen molar-refractivity contribution in [3.63, 3.8) is 0 Å². The third kappa shape index (κ3) is 3.39. The van der Waals surface area contributed by atoms with Gasteiger partial charge in [0.05, 0.1) is 5.69 Å². The third-order valence-electron chi connectivity index (χ3n) is 4.79. The van der Waals surface area contributed by atoms with Crippen LogP contribution < -0.4 is 0 Å². The molecule has 0 atom stereocenters. The lowest BCUT2D eigenvalue weighted by Gasteiger charge is -2.34. The molecule has 0 spiro atoms. The lowest BCUT2D eigenvalue weighted by atomic mass is 10.0. The molecular formula is C21H21N3O. The molecule has 0 radical (unpaired) electrons. The molecule has 126 valence electrons. The molecule has 0 bridgehead atoms. The fourth-order valence-electron chi connectivity index (χ4n) is 3.41. The molecule has 4 heteroatoms. The first kappa shape index (κ1) is 15.8. The van der Waals surface area contributed by atoms with Crippen molar-refractivity contribution >= 4 is 16.7 Å². The van der Waals surface area contributed by atoms with Crippen molar-refractivity contribution in [3.05, 3.63) is 78.1 Å². The Kier molecular flexibility index (Phi) is 4.44. The van der Waals surface area contributed by atoms with E-state index in [1.165, 1.54) is 0 Å². The molecule has 25 heavy (non-hydrogen) atoms. The summed E-state index contributed by atoms with van der Waals surface area (Å²) in [6.45, 7) is 4.13. The Balaban J connectivity index is 1.44. The van der Waals surface area contributed by atoms with Crippen molar-refractivity contribution in [1.29, 1.82) is 0 Å². The minimum atomic E-state index is 0.134. The van der Waals surface area contributed by atoms with Crippen LogP contribution >= 0.6 is 0 Å². The van der Waals surface area contributed by atoms with Gasteiger partial charge >= 0.3 is 0 Å². The first-order valence-electron chi connectivity index (χ1n) is 8.70. The summed E-state index contributed by atoms with van der Waals surface area (Å²) in [7, 11) is 0. The zero-order valence-corrected chi connectivity index (χ0v) is 14.1. The van der Waals surface area contributed by atoms with Crippen LogP contribution in [0.4, 0.5) is 0 Å². The molecule has 2 heterocycles. The molecule has 1 aliphatic heterocycles. The van der Waals surface area contributed by atoms with Gasteiger partial charge in [-0.3, -0.25) is 14.7 Å². The highest BCUT2D eigenvalue weighted by Gasteiger charge is 2.23. The van der Waals surface area contributed by atoms with Crippen molar-refractivity contribution in [1.82, 2.24) is 14.8 Å². The van der Waals surface area contributed by atoms with Gasteiger partial charge < -0.3 is 4.90 Å². The van der Waals surface area contributed by atoms with Crippen molar-refractivity contribution in [2.75, 3.05) is 26.2 Å². The molecule has 1 fully saturated rings. The molecule has 0 aliphatic carbocycles. The van der Waals surface area contributed by atoms with Gasteiger partial charge in [0, 0.05) is 44.5 Å². The van der Waals surface area contributed by atoms with E-state index in [1.807, 2.05) is 59.6 Å². The summed E-state index contributed by atoms with van der Waals surface area (Å²) in [6, 6.07) is 20.0. The largest absolute Gasteiger partial charge is 0.336 e. The molecule has 1 saturated heterocycles. The second-order valence-corrected chi connectivity index (χ2v) is 6.42. The van der Waals surface area contributed by atoms with E-state index in [0.717, 1.165) is 54.8 Å². The number of carbonyl (C=O) groups is 1. The number of hydrogen-bond donors (Lipinski definition) is 0. The fraction of sp³-hybridized carbons (Fsp3) is 0.238. The molecular weight excluding hydrogens is 310 g/mol. The Hall–Kier alpha value is -2.72. The number of aromatic nitrogens is 1. The van der Waals surface area contributed by atoms with Gasteiger partial charge in [0.15, 0.2) is 0 Å². The molecule has 2 aromatic carbocycles. The highest BCUT2D eigenvalue weighted by molar-refractivity contribution is 6.07. The van der Waals surface area contributed by atoms with Crippen molar-refractivity contribution < 1.29 is 4.79 Å². The fourth-order valence-corrected chi connectivity index (χ4v) is 3.41. The molecule has 0 saturated carbocycles. The zero-order chi connectivity index (χ0) is 17.1. The van der Waals surface area contributed by atoms with Crippen LogP contribution in [0, 0.1) is 0 Å². The van der Waals surface area contributed by atoms with Crippen molar-refractivity contribution in [2.24, 2.45) is 0 Å². The standard InChI is InChI=1S/C21H21N3O/c25-21(20-10-5-7-17-6-1-2-9-19(17)20)24-14-12-23(13-15-24)16-18-8-3-4-11-22-18/h1-11H,12-16H2. The molecule has 0 unspecified atom stereocenters. The van der Waals surface area contributed by atoms with E-state index >= 15 is 0 Å². The van der Waals surface area contributed by atoms with Crippen LogP contribution in [0.5, 0.6) is 0 Å². The highest BCUT2D eigenvalue weighted by Crippen LogP contribution is 2.20. The lowest BCUT2D eigenvalue weighted by Crippen LogP contribution is -2.48. The molecule has 4 nitrogen and oxygen atoms in total. The number of rotatable bonds is 3. The van der Waals surface area contributed by atoms with Crippen LogP contribution in [-0.2, 0) is 6.54 Å². The highest BCUT2D eigenvalue weighted by atomic mass is 16.2. The van der Waals surface area contributed by atoms with Crippen LogP contribution in [0.2, 0.25) is 0 Å². The molecule has 0 N–H and O–H groups in total. The van der Waals surface area contributed by atoms with Crippen molar-refractivity contribution in [2.45, 2.75) is 6.54 Å². The number of carbonyl (C=O) groups excluding carboxylic acids is 1. The lowest BCUT2D eigenvalue weighted by molar-refractivity contribution is 0.0629. The summed E-state index contributed by atoms with van der Waals surface area (Å²) in [6.07, 6.45) is 1.83. The summed E-state index contributed by atoms with van der Waals surface area (Å²) in [5.41, 5.74) is 1.88. The van der Waals surface area contributed by atoms with Gasteiger partial charge in [-0.05, 0) is 29.0 Å². The van der Waals surface area contributed by atoms with Gasteiger partial charge in [-0.25, -0.2) is 0 Å². The van der Waals surface area contributed by atoms with Crippen LogP contribution in [-0.4, -0.2) is 46.9 Å². The second-order valence-electron chi connectivity index (χ2n) is 6.42. The molecule has 4 rings (SSSR count). The van der Waals surface area contributed by atoms with E-state index in [0.29, 0.717) is 0 Å². The number of benzene rings is 2. The van der Waals surface area contributed by atoms with E-state index in [4.69, 9.17) is 0 Å². The van der Waals surface area contributed by atoms with E-state index in [2.05, 4.69) is 22.0 Å². The predicted octanol–water partition coefficient (Wildman–Crippen LogP) is 3.19. The maximum absolute atomic E-state index is 13.0. The maximum Gasteiger partial charge on any atom is 0.254 e. The maximum atomic E-state index is 13.0. The number of hydrogen-bond acceptors (Lipinski definition) is 3. The normalized spacial score (nSPS) is 15.4. The average Bonchev–Trinajstić information content (AvgIpc) is 2.68. The number of piperazine rings is 1. The molecule has 1 aromatic heterocycles. The van der Waals surface area contributed by atoms with E-state index < -0.39 is 0 Å². The van der Waals surface area contributed by atoms with E-state index in [-0.39, 0.29) is 5.91 Å². The first-order valence-corrected chi connectivity index (χ1v) is 8.70. The summed E-state index contributed by atoms with van der Waals surface area (Å²) in [5.74, 6) is 0.134. The van der Waals surface area contributed by atoms with E-state index in [1.54, 1.807) is 0 Å². The van der Waals surface area contributed by atoms with Gasteiger partial charge in [0.2, 0.25) is 0 Å². The Labute approximate surface area is 147 Å². The summed E-state index contributed by atoms with van der Waals surface area (Å²) >= 11 is 0. The summed E-state index contributed by atoms with van der Waals surface area (Å²) in [5, 5.41) is 2.15. The van der Waals surface area contributed by atoms with Gasteiger partial charge in [0.1, 0.15) is 0 Å². The van der Waals surface area contributed by atoms with Gasteiger partial charge in [0.25, 0.3) is 5.91 Å². The number of fused-ring (bicyclic) bond motifs is 1. The third-order valence-corrected chi connectivity index (χ3v) is 4.79. The average molecular weight is 331 g/mol. The monoisotopic (exact) mass is 331 g/mol. The molecule has 3 aromatic rings. The predicted molar refractivity (Wildman–Crippen MR) is 99.4 cm³/mol. The summed E-state index contributed by atoms with van der Waals surface area (Å²) in [4.78, 5) is 21.7. The number of nitrogens with zero attached hydrogens (tertiary/aromatic N) is 3. The van der Waals surface area contributed by atoms with Gasteiger partial charge in [-0.2, -0.15) is 0 Å². The Bertz CT molecular complexity index is 865. The van der Waals surface area contributed by atoms with Crippen LogP contribution in [0.15, 0.2) is 66.9 Å². The Morgan fingerprint density at radius 2 is 1.64 bits per heavy atom. The van der Waals surface area contributed by atoms with Crippen LogP contribution in [0.1, 0.15) is 16.1 Å². The molecule has 1 aliphatic rings. The second kappa shape index (κ2) is 7.03. The topological polar surface area (TPSA) is 36.4 Å². The zero-order valence-electron chi connectivity index (χ0n) is 14.1. The minimum absolute atomic E-state index is 0.134. The Morgan fingerprint density at radius 3 is 2.44 bits per heavy atom. The smallest absolute Gasteiger partial charge is 0.254 e. The number of pyridine rings is 1. The SMILES string of the molecule is O=C(c1cccc2ccccc12)N1CCN(Cc2ccccn2)CC1. The van der Waals surface area contributed by atoms with Crippen LogP contribution in [0.25, 0.3) is 10.8 Å².